The van der Waals surface area contributed by atoms with Gasteiger partial charge in [-0.25, -0.2) is 8.42 Å². The van der Waals surface area contributed by atoms with E-state index in [-0.39, 0.29) is 11.8 Å². The van der Waals surface area contributed by atoms with E-state index in [0.29, 0.717) is 36.3 Å². The van der Waals surface area contributed by atoms with Gasteiger partial charge in [-0.1, -0.05) is 36.4 Å². The molecular weight excluding hydrogens is 394 g/mol. The summed E-state index contributed by atoms with van der Waals surface area (Å²) in [5.74, 6) is -0.391. The van der Waals surface area contributed by atoms with E-state index in [4.69, 9.17) is 20.4 Å². The average Bonchev–Trinajstić information content (AvgIpc) is 2.63. The number of aliphatic hydroxyl groups is 1. The molecule has 2 atom stereocenters. The summed E-state index contributed by atoms with van der Waals surface area (Å²) < 4.78 is 29.8. The van der Waals surface area contributed by atoms with Crippen molar-refractivity contribution >= 4 is 15.8 Å². The van der Waals surface area contributed by atoms with E-state index < -0.39 is 21.9 Å². The molecule has 0 heterocycles. The second-order valence-corrected chi connectivity index (χ2v) is 9.26. The molecule has 0 fully saturated rings. The van der Waals surface area contributed by atoms with E-state index in [1.54, 1.807) is 12.1 Å². The summed E-state index contributed by atoms with van der Waals surface area (Å²) in [6, 6.07) is 12.9. The zero-order valence-corrected chi connectivity index (χ0v) is 17.4. The highest BCUT2D eigenvalue weighted by Crippen LogP contribution is 2.36. The van der Waals surface area contributed by atoms with Gasteiger partial charge in [0.25, 0.3) is 5.97 Å². The summed E-state index contributed by atoms with van der Waals surface area (Å²) in [5, 5.41) is 17.8. The smallest absolute Gasteiger partial charge is 0.300 e. The third-order valence-corrected chi connectivity index (χ3v) is 5.33. The summed E-state index contributed by atoms with van der Waals surface area (Å²) in [6.07, 6.45) is 1.69. The topological polar surface area (TPSA) is 127 Å². The average molecular weight is 422 g/mol. The van der Waals surface area contributed by atoms with Gasteiger partial charge >= 0.3 is 0 Å². The monoisotopic (exact) mass is 421 g/mol. The lowest BCUT2D eigenvalue weighted by Crippen LogP contribution is -2.33. The first-order chi connectivity index (χ1) is 13.6. The number of benzene rings is 2. The van der Waals surface area contributed by atoms with Crippen LogP contribution in [0.1, 0.15) is 41.7 Å². The zero-order chi connectivity index (χ0) is 21.6. The number of rotatable bonds is 5. The van der Waals surface area contributed by atoms with Crippen LogP contribution in [0.4, 0.5) is 0 Å². The molecule has 3 rings (SSSR count). The Bertz CT molecular complexity index is 939. The molecule has 7 nitrogen and oxygen atoms in total. The Morgan fingerprint density at radius 2 is 1.83 bits per heavy atom. The molecule has 2 aromatic carbocycles. The SMILES string of the molecule is CC(=O)O.CS(=O)(=O)Cc1c(OCc2ccccc2)ccc2c1CCC(N)C2O. The van der Waals surface area contributed by atoms with Crippen molar-refractivity contribution in [3.63, 3.8) is 0 Å². The Morgan fingerprint density at radius 3 is 2.41 bits per heavy atom. The van der Waals surface area contributed by atoms with Crippen LogP contribution in [0.5, 0.6) is 5.75 Å². The quantitative estimate of drug-likeness (QED) is 0.675. The minimum Gasteiger partial charge on any atom is -0.489 e. The van der Waals surface area contributed by atoms with Crippen LogP contribution >= 0.6 is 0 Å². The normalized spacial score (nSPS) is 18.2. The molecule has 0 radical (unpaired) electrons. The molecule has 1 aliphatic carbocycles. The molecule has 1 aliphatic rings. The lowest BCUT2D eigenvalue weighted by atomic mass is 9.83. The molecule has 0 saturated heterocycles. The number of nitrogens with two attached hydrogens (primary N) is 1. The Balaban J connectivity index is 0.000000687. The van der Waals surface area contributed by atoms with Crippen molar-refractivity contribution in [2.45, 2.75) is 44.3 Å². The van der Waals surface area contributed by atoms with E-state index in [2.05, 4.69) is 0 Å². The van der Waals surface area contributed by atoms with Gasteiger partial charge in [-0.3, -0.25) is 4.79 Å². The summed E-state index contributed by atoms with van der Waals surface area (Å²) in [4.78, 5) is 9.00. The predicted octanol–water partition coefficient (Wildman–Crippen LogP) is 2.21. The first-order valence-electron chi connectivity index (χ1n) is 9.20. The lowest BCUT2D eigenvalue weighted by molar-refractivity contribution is -0.134. The fourth-order valence-corrected chi connectivity index (χ4v) is 4.09. The molecule has 29 heavy (non-hydrogen) atoms. The molecule has 0 aliphatic heterocycles. The number of fused-ring (bicyclic) bond motifs is 1. The number of aliphatic hydroxyl groups excluding tert-OH is 1. The molecule has 158 valence electrons. The molecule has 0 spiro atoms. The van der Waals surface area contributed by atoms with Crippen molar-refractivity contribution in [1.29, 1.82) is 0 Å². The van der Waals surface area contributed by atoms with Crippen LogP contribution < -0.4 is 10.5 Å². The Hall–Kier alpha value is -2.42. The summed E-state index contributed by atoms with van der Waals surface area (Å²) in [5.41, 5.74) is 9.16. The number of carboxylic acids is 1. The van der Waals surface area contributed by atoms with Crippen molar-refractivity contribution in [3.8, 4) is 5.75 Å². The Kier molecular flexibility index (Phi) is 7.78. The number of sulfone groups is 1. The fourth-order valence-electron chi connectivity index (χ4n) is 3.25. The number of ether oxygens (including phenoxy) is 1. The fraction of sp³-hybridized carbons (Fsp3) is 0.381. The minimum absolute atomic E-state index is 0.109. The van der Waals surface area contributed by atoms with Gasteiger partial charge in [0.15, 0.2) is 9.84 Å². The van der Waals surface area contributed by atoms with Gasteiger partial charge in [0, 0.05) is 24.8 Å². The first-order valence-corrected chi connectivity index (χ1v) is 11.3. The van der Waals surface area contributed by atoms with Crippen molar-refractivity contribution in [2.75, 3.05) is 6.26 Å². The van der Waals surface area contributed by atoms with E-state index in [9.17, 15) is 13.5 Å². The second-order valence-electron chi connectivity index (χ2n) is 7.12. The predicted molar refractivity (Wildman–Crippen MR) is 110 cm³/mol. The van der Waals surface area contributed by atoms with E-state index in [0.717, 1.165) is 18.1 Å². The van der Waals surface area contributed by atoms with Gasteiger partial charge in [-0.2, -0.15) is 0 Å². The Morgan fingerprint density at radius 1 is 1.21 bits per heavy atom. The van der Waals surface area contributed by atoms with Crippen molar-refractivity contribution in [2.24, 2.45) is 5.73 Å². The number of carbonyl (C=O) groups is 1. The molecule has 2 unspecified atom stereocenters. The minimum atomic E-state index is -3.24. The van der Waals surface area contributed by atoms with Gasteiger partial charge in [0.2, 0.25) is 0 Å². The number of hydrogen-bond acceptors (Lipinski definition) is 6. The highest BCUT2D eigenvalue weighted by atomic mass is 32.2. The van der Waals surface area contributed by atoms with Crippen LogP contribution in [-0.4, -0.2) is 36.9 Å². The lowest BCUT2D eigenvalue weighted by Gasteiger charge is -2.30. The highest BCUT2D eigenvalue weighted by Gasteiger charge is 2.29. The van der Waals surface area contributed by atoms with Gasteiger partial charge in [0.05, 0.1) is 11.9 Å². The van der Waals surface area contributed by atoms with Crippen molar-refractivity contribution in [1.82, 2.24) is 0 Å². The third-order valence-electron chi connectivity index (χ3n) is 4.52. The molecule has 8 heteroatoms. The van der Waals surface area contributed by atoms with Gasteiger partial charge in [0.1, 0.15) is 12.4 Å². The maximum absolute atomic E-state index is 11.9. The zero-order valence-electron chi connectivity index (χ0n) is 16.5. The van der Waals surface area contributed by atoms with Crippen molar-refractivity contribution in [3.05, 3.63) is 64.7 Å². The van der Waals surface area contributed by atoms with Crippen molar-refractivity contribution < 1.29 is 28.2 Å². The van der Waals surface area contributed by atoms with E-state index in [1.165, 1.54) is 6.26 Å². The summed E-state index contributed by atoms with van der Waals surface area (Å²) in [7, 11) is -3.24. The van der Waals surface area contributed by atoms with Crippen LogP contribution in [0.3, 0.4) is 0 Å². The van der Waals surface area contributed by atoms with Gasteiger partial charge in [-0.05, 0) is 35.6 Å². The molecule has 0 amide bonds. The second kappa shape index (κ2) is 9.87. The van der Waals surface area contributed by atoms with Crippen LogP contribution in [0.25, 0.3) is 0 Å². The van der Waals surface area contributed by atoms with Crippen LogP contribution in [0.15, 0.2) is 42.5 Å². The van der Waals surface area contributed by atoms with Crippen LogP contribution in [0.2, 0.25) is 0 Å². The molecule has 4 N–H and O–H groups in total. The van der Waals surface area contributed by atoms with E-state index in [1.807, 2.05) is 30.3 Å². The standard InChI is InChI=1S/C19H23NO4S.C2H4O2/c1-25(22,23)12-16-14-7-9-17(20)19(21)15(14)8-10-18(16)24-11-13-5-3-2-4-6-13;1-2(3)4/h2-6,8,10,17,19,21H,7,9,11-12,20H2,1H3;1H3,(H,3,4). The van der Waals surface area contributed by atoms with Crippen LogP contribution in [0, 0.1) is 0 Å². The number of hydrogen-bond donors (Lipinski definition) is 3. The third kappa shape index (κ3) is 6.85. The number of aliphatic carboxylic acids is 1. The summed E-state index contributed by atoms with van der Waals surface area (Å²) >= 11 is 0. The first kappa shape index (κ1) is 22.9. The summed E-state index contributed by atoms with van der Waals surface area (Å²) in [6.45, 7) is 1.44. The molecule has 0 aromatic heterocycles. The maximum Gasteiger partial charge on any atom is 0.300 e. The highest BCUT2D eigenvalue weighted by molar-refractivity contribution is 7.89. The van der Waals surface area contributed by atoms with Gasteiger partial charge < -0.3 is 20.7 Å². The van der Waals surface area contributed by atoms with Crippen LogP contribution in [-0.2, 0) is 33.4 Å². The molecule has 2 aromatic rings. The van der Waals surface area contributed by atoms with E-state index >= 15 is 0 Å². The largest absolute Gasteiger partial charge is 0.489 e. The molecule has 0 saturated carbocycles. The maximum atomic E-state index is 11.9. The molecular formula is C21H27NO6S. The molecule has 0 bridgehead atoms. The van der Waals surface area contributed by atoms with Gasteiger partial charge in [-0.15, -0.1) is 0 Å². The Labute approximate surface area is 171 Å². The number of carboxylic acid groups (broad SMARTS) is 1.